The van der Waals surface area contributed by atoms with Crippen LogP contribution in [0.5, 0.6) is 11.5 Å². The maximum Gasteiger partial charge on any atom is 0.326 e. The second kappa shape index (κ2) is 6.34. The van der Waals surface area contributed by atoms with E-state index in [9.17, 15) is 9.59 Å². The average molecular weight is 294 g/mol. The van der Waals surface area contributed by atoms with Crippen molar-refractivity contribution in [1.29, 1.82) is 0 Å². The minimum atomic E-state index is -0.977. The van der Waals surface area contributed by atoms with Gasteiger partial charge in [-0.3, -0.25) is 0 Å². The van der Waals surface area contributed by atoms with Gasteiger partial charge in [0.25, 0.3) is 0 Å². The van der Waals surface area contributed by atoms with E-state index in [2.05, 4.69) is 5.32 Å². The molecule has 0 bridgehead atoms. The molecule has 7 heteroatoms. The maximum absolute atomic E-state index is 12.2. The lowest BCUT2D eigenvalue weighted by Gasteiger charge is -2.22. The number of carbonyl (C=O) groups excluding carboxylic acids is 1. The van der Waals surface area contributed by atoms with E-state index in [0.29, 0.717) is 36.6 Å². The number of hydrogen-bond acceptors (Lipinski definition) is 4. The zero-order valence-electron chi connectivity index (χ0n) is 12.0. The van der Waals surface area contributed by atoms with Gasteiger partial charge in [0.05, 0.1) is 14.2 Å². The molecule has 0 aliphatic carbocycles. The Hall–Kier alpha value is -2.44. The van der Waals surface area contributed by atoms with Gasteiger partial charge in [0.15, 0.2) is 11.5 Å². The number of nitrogens with one attached hydrogen (secondary N) is 1. The SMILES string of the molecule is COc1ccc(NC(=O)N2CCCC2C(=O)O)cc1OC. The van der Waals surface area contributed by atoms with E-state index in [1.165, 1.54) is 19.1 Å². The van der Waals surface area contributed by atoms with E-state index in [1.54, 1.807) is 18.2 Å². The van der Waals surface area contributed by atoms with Crippen LogP contribution in [-0.2, 0) is 4.79 Å². The number of benzene rings is 1. The molecule has 21 heavy (non-hydrogen) atoms. The number of anilines is 1. The third-order valence-corrected chi connectivity index (χ3v) is 3.43. The molecule has 1 heterocycles. The predicted octanol–water partition coefficient (Wildman–Crippen LogP) is 1.78. The fraction of sp³-hybridized carbons (Fsp3) is 0.429. The quantitative estimate of drug-likeness (QED) is 0.883. The lowest BCUT2D eigenvalue weighted by Crippen LogP contribution is -2.42. The van der Waals surface area contributed by atoms with Gasteiger partial charge in [0.1, 0.15) is 6.04 Å². The number of methoxy groups -OCH3 is 2. The predicted molar refractivity (Wildman–Crippen MR) is 75.9 cm³/mol. The lowest BCUT2D eigenvalue weighted by atomic mass is 10.2. The Balaban J connectivity index is 2.11. The van der Waals surface area contributed by atoms with Crippen LogP contribution in [0.4, 0.5) is 10.5 Å². The smallest absolute Gasteiger partial charge is 0.326 e. The van der Waals surface area contributed by atoms with E-state index < -0.39 is 18.0 Å². The number of amides is 2. The summed E-state index contributed by atoms with van der Waals surface area (Å²) in [4.78, 5) is 24.6. The molecule has 114 valence electrons. The Kier molecular flexibility index (Phi) is 4.52. The summed E-state index contributed by atoms with van der Waals surface area (Å²) in [5, 5.41) is 11.8. The van der Waals surface area contributed by atoms with Crippen LogP contribution >= 0.6 is 0 Å². The molecule has 1 unspecified atom stereocenters. The summed E-state index contributed by atoms with van der Waals surface area (Å²) in [6.07, 6.45) is 1.17. The molecule has 2 rings (SSSR count). The van der Waals surface area contributed by atoms with Crippen molar-refractivity contribution < 1.29 is 24.2 Å². The molecule has 2 amide bonds. The average Bonchev–Trinajstić information content (AvgIpc) is 2.96. The Bertz CT molecular complexity index is 546. The Morgan fingerprint density at radius 2 is 2.00 bits per heavy atom. The minimum absolute atomic E-state index is 0.424. The zero-order chi connectivity index (χ0) is 15.4. The van der Waals surface area contributed by atoms with Gasteiger partial charge in [-0.05, 0) is 25.0 Å². The van der Waals surface area contributed by atoms with Crippen molar-refractivity contribution >= 4 is 17.7 Å². The number of carboxylic acids is 1. The van der Waals surface area contributed by atoms with Crippen LogP contribution in [0, 0.1) is 0 Å². The number of urea groups is 1. The van der Waals surface area contributed by atoms with Crippen molar-refractivity contribution in [3.05, 3.63) is 18.2 Å². The maximum atomic E-state index is 12.2. The number of rotatable bonds is 4. The summed E-state index contributed by atoms with van der Waals surface area (Å²) in [5.74, 6) is 0.0709. The fourth-order valence-corrected chi connectivity index (χ4v) is 2.38. The van der Waals surface area contributed by atoms with Gasteiger partial charge in [0, 0.05) is 18.3 Å². The molecular formula is C14H18N2O5. The zero-order valence-corrected chi connectivity index (χ0v) is 12.0. The van der Waals surface area contributed by atoms with Crippen LogP contribution in [0.2, 0.25) is 0 Å². The molecule has 1 fully saturated rings. The van der Waals surface area contributed by atoms with Crippen molar-refractivity contribution in [2.75, 3.05) is 26.1 Å². The summed E-state index contributed by atoms with van der Waals surface area (Å²) in [6, 6.07) is 3.79. The normalized spacial score (nSPS) is 17.4. The highest BCUT2D eigenvalue weighted by Crippen LogP contribution is 2.30. The van der Waals surface area contributed by atoms with Crippen molar-refractivity contribution in [1.82, 2.24) is 4.90 Å². The first-order valence-corrected chi connectivity index (χ1v) is 6.59. The van der Waals surface area contributed by atoms with Gasteiger partial charge >= 0.3 is 12.0 Å². The van der Waals surface area contributed by atoms with E-state index in [-0.39, 0.29) is 0 Å². The van der Waals surface area contributed by atoms with E-state index >= 15 is 0 Å². The van der Waals surface area contributed by atoms with Crippen molar-refractivity contribution in [2.24, 2.45) is 0 Å². The number of carboxylic acid groups (broad SMARTS) is 1. The van der Waals surface area contributed by atoms with Gasteiger partial charge in [-0.15, -0.1) is 0 Å². The van der Waals surface area contributed by atoms with Gasteiger partial charge in [-0.1, -0.05) is 0 Å². The van der Waals surface area contributed by atoms with Crippen LogP contribution in [0.15, 0.2) is 18.2 Å². The third-order valence-electron chi connectivity index (χ3n) is 3.43. The van der Waals surface area contributed by atoms with Crippen LogP contribution in [-0.4, -0.2) is 48.8 Å². The molecule has 1 atom stereocenters. The molecule has 1 aliphatic rings. The topological polar surface area (TPSA) is 88.1 Å². The van der Waals surface area contributed by atoms with Crippen molar-refractivity contribution in [2.45, 2.75) is 18.9 Å². The number of ether oxygens (including phenoxy) is 2. The first kappa shape index (κ1) is 15.0. The first-order chi connectivity index (χ1) is 10.1. The number of hydrogen-bond donors (Lipinski definition) is 2. The second-order valence-corrected chi connectivity index (χ2v) is 4.69. The van der Waals surface area contributed by atoms with Gasteiger partial charge in [-0.25, -0.2) is 9.59 Å². The Labute approximate surface area is 122 Å². The monoisotopic (exact) mass is 294 g/mol. The first-order valence-electron chi connectivity index (χ1n) is 6.59. The molecule has 0 aromatic heterocycles. The molecule has 1 saturated heterocycles. The van der Waals surface area contributed by atoms with Crippen molar-refractivity contribution in [3.63, 3.8) is 0 Å². The molecule has 0 saturated carbocycles. The van der Waals surface area contributed by atoms with Gasteiger partial charge < -0.3 is 24.8 Å². The van der Waals surface area contributed by atoms with Crippen LogP contribution in [0.25, 0.3) is 0 Å². The molecule has 1 aromatic rings. The Morgan fingerprint density at radius 1 is 1.29 bits per heavy atom. The largest absolute Gasteiger partial charge is 0.493 e. The highest BCUT2D eigenvalue weighted by molar-refractivity contribution is 5.93. The molecule has 1 aliphatic heterocycles. The number of likely N-dealkylation sites (tertiary alicyclic amines) is 1. The molecule has 0 radical (unpaired) electrons. The van der Waals surface area contributed by atoms with Crippen molar-refractivity contribution in [3.8, 4) is 11.5 Å². The molecule has 7 nitrogen and oxygen atoms in total. The highest BCUT2D eigenvalue weighted by atomic mass is 16.5. The number of aliphatic carboxylic acids is 1. The Morgan fingerprint density at radius 3 is 2.62 bits per heavy atom. The van der Waals surface area contributed by atoms with Gasteiger partial charge in [-0.2, -0.15) is 0 Å². The molecule has 2 N–H and O–H groups in total. The third kappa shape index (κ3) is 3.18. The number of nitrogens with zero attached hydrogens (tertiary/aromatic N) is 1. The van der Waals surface area contributed by atoms with E-state index in [4.69, 9.17) is 14.6 Å². The second-order valence-electron chi connectivity index (χ2n) is 4.69. The van der Waals surface area contributed by atoms with Crippen LogP contribution in [0.3, 0.4) is 0 Å². The summed E-state index contributed by atoms with van der Waals surface area (Å²) in [6.45, 7) is 0.441. The minimum Gasteiger partial charge on any atom is -0.493 e. The summed E-state index contributed by atoms with van der Waals surface area (Å²) >= 11 is 0. The fourth-order valence-electron chi connectivity index (χ4n) is 2.38. The molecular weight excluding hydrogens is 276 g/mol. The number of carbonyl (C=O) groups is 2. The summed E-state index contributed by atoms with van der Waals surface area (Å²) in [7, 11) is 3.03. The van der Waals surface area contributed by atoms with Crippen LogP contribution in [0.1, 0.15) is 12.8 Å². The standard InChI is InChI=1S/C14H18N2O5/c1-20-11-6-5-9(8-12(11)21-2)15-14(19)16-7-3-4-10(16)13(17)18/h5-6,8,10H,3-4,7H2,1-2H3,(H,15,19)(H,17,18). The summed E-state index contributed by atoms with van der Waals surface area (Å²) < 4.78 is 10.3. The molecule has 0 spiro atoms. The lowest BCUT2D eigenvalue weighted by molar-refractivity contribution is -0.141. The van der Waals surface area contributed by atoms with Crippen LogP contribution < -0.4 is 14.8 Å². The molecule has 1 aromatic carbocycles. The highest BCUT2D eigenvalue weighted by Gasteiger charge is 2.34. The van der Waals surface area contributed by atoms with E-state index in [0.717, 1.165) is 0 Å². The van der Waals surface area contributed by atoms with Gasteiger partial charge in [0.2, 0.25) is 0 Å². The van der Waals surface area contributed by atoms with E-state index in [1.807, 2.05) is 0 Å². The summed E-state index contributed by atoms with van der Waals surface area (Å²) in [5.41, 5.74) is 0.522.